The minimum absolute atomic E-state index is 0.00857. The maximum absolute atomic E-state index is 14.9. The maximum Gasteiger partial charge on any atom is 0.235 e. The molecule has 31 heavy (non-hydrogen) atoms. The van der Waals surface area contributed by atoms with E-state index in [4.69, 9.17) is 0 Å². The first-order valence-electron chi connectivity index (χ1n) is 9.42. The fourth-order valence-electron chi connectivity index (χ4n) is 3.40. The second-order valence-electron chi connectivity index (χ2n) is 7.33. The monoisotopic (exact) mass is 444 g/mol. The van der Waals surface area contributed by atoms with Crippen LogP contribution in [0.3, 0.4) is 0 Å². The van der Waals surface area contributed by atoms with E-state index >= 15 is 0 Å². The minimum Gasteiger partial charge on any atom is -0.339 e. The molecular weight excluding hydrogens is 429 g/mol. The zero-order valence-corrected chi connectivity index (χ0v) is 16.7. The number of benzene rings is 2. The van der Waals surface area contributed by atoms with Gasteiger partial charge in [0.15, 0.2) is 0 Å². The smallest absolute Gasteiger partial charge is 0.235 e. The Kier molecular flexibility index (Phi) is 4.47. The topological polar surface area (TPSA) is 87.7 Å². The van der Waals surface area contributed by atoms with Gasteiger partial charge < -0.3 is 4.98 Å². The number of H-pyrrole nitrogens is 1. The molecule has 1 aliphatic rings. The van der Waals surface area contributed by atoms with Crippen LogP contribution in [0.25, 0.3) is 33.5 Å². The van der Waals surface area contributed by atoms with Crippen molar-refractivity contribution in [3.8, 4) is 22.5 Å². The Balaban J connectivity index is 1.56. The van der Waals surface area contributed by atoms with Gasteiger partial charge in [-0.1, -0.05) is 0 Å². The van der Waals surface area contributed by atoms with Crippen LogP contribution < -0.4 is 4.72 Å². The van der Waals surface area contributed by atoms with E-state index in [2.05, 4.69) is 19.7 Å². The van der Waals surface area contributed by atoms with Gasteiger partial charge in [0.05, 0.1) is 22.3 Å². The molecule has 0 amide bonds. The predicted molar refractivity (Wildman–Crippen MR) is 110 cm³/mol. The van der Waals surface area contributed by atoms with E-state index in [-0.39, 0.29) is 28.2 Å². The lowest BCUT2D eigenvalue weighted by atomic mass is 10.1. The number of hydrogen-bond donors (Lipinski definition) is 2. The van der Waals surface area contributed by atoms with Crippen molar-refractivity contribution in [2.75, 3.05) is 4.72 Å². The van der Waals surface area contributed by atoms with Gasteiger partial charge in [0.25, 0.3) is 0 Å². The van der Waals surface area contributed by atoms with Crippen molar-refractivity contribution < 1.29 is 21.6 Å². The van der Waals surface area contributed by atoms with Crippen LogP contribution in [-0.2, 0) is 10.0 Å². The Morgan fingerprint density at radius 3 is 2.48 bits per heavy atom. The Morgan fingerprint density at radius 1 is 0.935 bits per heavy atom. The molecule has 0 spiro atoms. The van der Waals surface area contributed by atoms with Crippen LogP contribution >= 0.6 is 0 Å². The van der Waals surface area contributed by atoms with Gasteiger partial charge in [-0.05, 0) is 55.3 Å². The highest BCUT2D eigenvalue weighted by Gasteiger charge is 2.35. The van der Waals surface area contributed by atoms with Crippen LogP contribution in [0.15, 0.2) is 48.8 Å². The van der Waals surface area contributed by atoms with Crippen LogP contribution in [0.4, 0.5) is 18.9 Å². The molecule has 0 bridgehead atoms. The van der Waals surface area contributed by atoms with Gasteiger partial charge in [-0.2, -0.15) is 0 Å². The summed E-state index contributed by atoms with van der Waals surface area (Å²) in [6.45, 7) is 0. The fraction of sp³-hybridized carbons (Fsp3) is 0.143. The number of aromatic nitrogens is 3. The van der Waals surface area contributed by atoms with Crippen molar-refractivity contribution in [1.82, 2.24) is 15.0 Å². The highest BCUT2D eigenvalue weighted by Crippen LogP contribution is 2.34. The van der Waals surface area contributed by atoms with Crippen LogP contribution in [0.1, 0.15) is 12.8 Å². The molecule has 0 saturated heterocycles. The Labute approximate surface area is 175 Å². The molecule has 4 aromatic rings. The molecule has 0 aliphatic heterocycles. The fourth-order valence-corrected chi connectivity index (χ4v) is 4.78. The molecule has 2 aromatic carbocycles. The van der Waals surface area contributed by atoms with E-state index in [1.807, 2.05) is 0 Å². The average molecular weight is 444 g/mol. The Hall–Kier alpha value is -3.40. The number of nitrogens with one attached hydrogen (secondary N) is 2. The largest absolute Gasteiger partial charge is 0.339 e. The van der Waals surface area contributed by atoms with E-state index < -0.39 is 32.7 Å². The SMILES string of the molecule is O=S(=O)(Nc1ccc(-c2ncnc3[nH]c(-c4cc(F)ccc4F)cc23)c(F)c1)C1CC1. The molecule has 5 rings (SSSR count). The number of fused-ring (bicyclic) bond motifs is 1. The third-order valence-electron chi connectivity index (χ3n) is 5.09. The number of halogens is 3. The highest BCUT2D eigenvalue weighted by atomic mass is 32.2. The average Bonchev–Trinajstić information content (AvgIpc) is 3.50. The quantitative estimate of drug-likeness (QED) is 0.471. The van der Waals surface area contributed by atoms with E-state index in [0.29, 0.717) is 23.9 Å². The molecule has 1 aliphatic carbocycles. The van der Waals surface area contributed by atoms with E-state index in [1.165, 1.54) is 24.5 Å². The summed E-state index contributed by atoms with van der Waals surface area (Å²) in [5, 5.41) is -0.0235. The summed E-state index contributed by atoms with van der Waals surface area (Å²) in [5.74, 6) is -1.91. The molecule has 10 heteroatoms. The second-order valence-corrected chi connectivity index (χ2v) is 9.29. The molecule has 2 heterocycles. The van der Waals surface area contributed by atoms with Crippen molar-refractivity contribution in [2.24, 2.45) is 0 Å². The lowest BCUT2D eigenvalue weighted by Crippen LogP contribution is -2.17. The molecule has 0 unspecified atom stereocenters. The van der Waals surface area contributed by atoms with Gasteiger partial charge >= 0.3 is 0 Å². The number of aromatic amines is 1. The van der Waals surface area contributed by atoms with Gasteiger partial charge in [0, 0.05) is 16.5 Å². The van der Waals surface area contributed by atoms with E-state index in [0.717, 1.165) is 24.3 Å². The van der Waals surface area contributed by atoms with Gasteiger partial charge in [0.1, 0.15) is 29.4 Å². The first kappa shape index (κ1) is 19.6. The molecule has 1 fully saturated rings. The summed E-state index contributed by atoms with van der Waals surface area (Å²) in [6, 6.07) is 8.55. The van der Waals surface area contributed by atoms with Crippen molar-refractivity contribution >= 4 is 26.7 Å². The summed E-state index contributed by atoms with van der Waals surface area (Å²) in [7, 11) is -3.52. The van der Waals surface area contributed by atoms with Gasteiger partial charge in [-0.25, -0.2) is 31.6 Å². The van der Waals surface area contributed by atoms with Crippen molar-refractivity contribution in [2.45, 2.75) is 18.1 Å². The number of nitrogens with zero attached hydrogens (tertiary/aromatic N) is 2. The number of hydrogen-bond acceptors (Lipinski definition) is 4. The van der Waals surface area contributed by atoms with Crippen molar-refractivity contribution in [3.63, 3.8) is 0 Å². The summed E-state index contributed by atoms with van der Waals surface area (Å²) in [5.41, 5.74) is 1.07. The summed E-state index contributed by atoms with van der Waals surface area (Å²) in [6.07, 6.45) is 2.41. The zero-order chi connectivity index (χ0) is 21.8. The van der Waals surface area contributed by atoms with Crippen LogP contribution in [-0.4, -0.2) is 28.6 Å². The van der Waals surface area contributed by atoms with Gasteiger partial charge in [0.2, 0.25) is 10.0 Å². The highest BCUT2D eigenvalue weighted by molar-refractivity contribution is 7.93. The van der Waals surface area contributed by atoms with Crippen LogP contribution in [0.2, 0.25) is 0 Å². The Morgan fingerprint density at radius 2 is 1.74 bits per heavy atom. The normalized spacial score (nSPS) is 14.2. The minimum atomic E-state index is -3.52. The number of sulfonamides is 1. The molecule has 158 valence electrons. The first-order valence-corrected chi connectivity index (χ1v) is 11.0. The third-order valence-corrected chi connectivity index (χ3v) is 6.96. The first-order chi connectivity index (χ1) is 14.8. The third kappa shape index (κ3) is 3.63. The number of anilines is 1. The molecule has 2 N–H and O–H groups in total. The molecule has 6 nitrogen and oxygen atoms in total. The summed E-state index contributed by atoms with van der Waals surface area (Å²) < 4.78 is 69.2. The standard InChI is InChI=1S/C21H15F3N4O2S/c22-11-1-6-17(23)15(7-11)19-9-16-20(25-10-26-21(16)27-19)14-5-2-12(8-18(14)24)28-31(29,30)13-3-4-13/h1-2,5-10,13,28H,3-4H2,(H,25,26,27). The van der Waals surface area contributed by atoms with Crippen LogP contribution in [0.5, 0.6) is 0 Å². The van der Waals surface area contributed by atoms with Crippen LogP contribution in [0, 0.1) is 17.5 Å². The molecule has 0 radical (unpaired) electrons. The predicted octanol–water partition coefficient (Wildman–Crippen LogP) is 4.61. The van der Waals surface area contributed by atoms with Crippen molar-refractivity contribution in [3.05, 3.63) is 66.2 Å². The van der Waals surface area contributed by atoms with Crippen molar-refractivity contribution in [1.29, 1.82) is 0 Å². The lowest BCUT2D eigenvalue weighted by molar-refractivity contribution is 0.600. The second kappa shape index (κ2) is 7.09. The zero-order valence-electron chi connectivity index (χ0n) is 15.9. The van der Waals surface area contributed by atoms with Gasteiger partial charge in [-0.3, -0.25) is 4.72 Å². The maximum atomic E-state index is 14.9. The van der Waals surface area contributed by atoms with E-state index in [1.54, 1.807) is 0 Å². The number of rotatable bonds is 5. The molecule has 0 atom stereocenters. The Bertz CT molecular complexity index is 1430. The van der Waals surface area contributed by atoms with Gasteiger partial charge in [-0.15, -0.1) is 0 Å². The summed E-state index contributed by atoms with van der Waals surface area (Å²) in [4.78, 5) is 11.1. The lowest BCUT2D eigenvalue weighted by Gasteiger charge is -2.09. The van der Waals surface area contributed by atoms with E-state index in [9.17, 15) is 21.6 Å². The molecule has 1 saturated carbocycles. The summed E-state index contributed by atoms with van der Waals surface area (Å²) >= 11 is 0. The molecule has 2 aromatic heterocycles. The molecular formula is C21H15F3N4O2S.